The van der Waals surface area contributed by atoms with E-state index < -0.39 is 0 Å². The minimum absolute atomic E-state index is 0.0661. The number of likely N-dealkylation sites (tertiary alicyclic amines) is 1. The Hall–Kier alpha value is -2.54. The summed E-state index contributed by atoms with van der Waals surface area (Å²) >= 11 is 0. The summed E-state index contributed by atoms with van der Waals surface area (Å²) in [6.07, 6.45) is 5.67. The number of piperidine rings is 1. The Morgan fingerprint density at radius 1 is 1.36 bits per heavy atom. The predicted molar refractivity (Wildman–Crippen MR) is 95.1 cm³/mol. The summed E-state index contributed by atoms with van der Waals surface area (Å²) in [6.45, 7) is 4.99. The summed E-state index contributed by atoms with van der Waals surface area (Å²) in [5.74, 6) is 1.27. The molecule has 1 aliphatic heterocycles. The molecule has 1 N–H and O–H groups in total. The molecule has 1 aromatic carbocycles. The molecule has 4 rings (SSSR count). The Morgan fingerprint density at radius 3 is 3.08 bits per heavy atom. The molecule has 7 nitrogen and oxygen atoms in total. The third-order valence-corrected chi connectivity index (χ3v) is 5.04. The number of para-hydroxylation sites is 1. The Labute approximate surface area is 145 Å². The SMILES string of the molecule is CC(c1nc2ccccc2c(=O)[nH]1)N1CCCC(Cn2cncn2)C1. The van der Waals surface area contributed by atoms with Crippen molar-refractivity contribution in [2.24, 2.45) is 5.92 Å². The summed E-state index contributed by atoms with van der Waals surface area (Å²) in [5, 5.41) is 4.85. The van der Waals surface area contributed by atoms with E-state index in [1.165, 1.54) is 6.42 Å². The van der Waals surface area contributed by atoms with Crippen molar-refractivity contribution in [1.29, 1.82) is 0 Å². The Bertz CT molecular complexity index is 903. The number of H-pyrrole nitrogens is 1. The normalized spacial score (nSPS) is 20.0. The van der Waals surface area contributed by atoms with Gasteiger partial charge in [-0.25, -0.2) is 9.97 Å². The van der Waals surface area contributed by atoms with Crippen molar-refractivity contribution in [3.63, 3.8) is 0 Å². The first-order valence-corrected chi connectivity index (χ1v) is 8.76. The lowest BCUT2D eigenvalue weighted by atomic mass is 9.96. The van der Waals surface area contributed by atoms with Crippen molar-refractivity contribution in [1.82, 2.24) is 29.6 Å². The van der Waals surface area contributed by atoms with Gasteiger partial charge in [0.05, 0.1) is 16.9 Å². The molecule has 3 aromatic rings. The molecule has 1 aliphatic rings. The zero-order chi connectivity index (χ0) is 17.2. The molecule has 2 atom stereocenters. The van der Waals surface area contributed by atoms with Crippen molar-refractivity contribution in [3.8, 4) is 0 Å². The van der Waals surface area contributed by atoms with E-state index in [2.05, 4.69) is 31.9 Å². The number of hydrogen-bond acceptors (Lipinski definition) is 5. The number of aromatic nitrogens is 5. The third kappa shape index (κ3) is 3.32. The van der Waals surface area contributed by atoms with Crippen molar-refractivity contribution in [2.45, 2.75) is 32.4 Å². The van der Waals surface area contributed by atoms with Gasteiger partial charge in [0, 0.05) is 13.1 Å². The van der Waals surface area contributed by atoms with Gasteiger partial charge in [0.2, 0.25) is 0 Å². The first kappa shape index (κ1) is 16.0. The molecular weight excluding hydrogens is 316 g/mol. The fourth-order valence-corrected chi connectivity index (χ4v) is 3.66. The van der Waals surface area contributed by atoms with Crippen LogP contribution in [-0.4, -0.2) is 42.7 Å². The molecule has 0 radical (unpaired) electrons. The van der Waals surface area contributed by atoms with E-state index in [0.717, 1.165) is 37.4 Å². The third-order valence-electron chi connectivity index (χ3n) is 5.04. The number of benzene rings is 1. The van der Waals surface area contributed by atoms with Gasteiger partial charge in [0.25, 0.3) is 5.56 Å². The average molecular weight is 338 g/mol. The van der Waals surface area contributed by atoms with Crippen molar-refractivity contribution in [2.75, 3.05) is 13.1 Å². The van der Waals surface area contributed by atoms with Gasteiger partial charge in [0.15, 0.2) is 0 Å². The second-order valence-electron chi connectivity index (χ2n) is 6.77. The van der Waals surface area contributed by atoms with Gasteiger partial charge in [-0.1, -0.05) is 12.1 Å². The molecule has 3 heterocycles. The first-order chi connectivity index (χ1) is 12.2. The number of nitrogens with one attached hydrogen (secondary N) is 1. The zero-order valence-electron chi connectivity index (χ0n) is 14.3. The summed E-state index contributed by atoms with van der Waals surface area (Å²) in [5.41, 5.74) is 0.688. The highest BCUT2D eigenvalue weighted by molar-refractivity contribution is 5.77. The number of rotatable bonds is 4. The summed E-state index contributed by atoms with van der Waals surface area (Å²) < 4.78 is 1.90. The quantitative estimate of drug-likeness (QED) is 0.787. The molecule has 0 bridgehead atoms. The lowest BCUT2D eigenvalue weighted by molar-refractivity contribution is 0.117. The van der Waals surface area contributed by atoms with Gasteiger partial charge in [-0.15, -0.1) is 0 Å². The topological polar surface area (TPSA) is 79.7 Å². The molecule has 0 aliphatic carbocycles. The highest BCUT2D eigenvalue weighted by Crippen LogP contribution is 2.25. The average Bonchev–Trinajstić information content (AvgIpc) is 3.14. The van der Waals surface area contributed by atoms with Gasteiger partial charge in [-0.2, -0.15) is 5.10 Å². The van der Waals surface area contributed by atoms with Crippen LogP contribution in [0, 0.1) is 5.92 Å². The monoisotopic (exact) mass is 338 g/mol. The minimum atomic E-state index is -0.0661. The maximum absolute atomic E-state index is 12.3. The van der Waals surface area contributed by atoms with Crippen LogP contribution in [0.1, 0.15) is 31.6 Å². The number of fused-ring (bicyclic) bond motifs is 1. The second-order valence-corrected chi connectivity index (χ2v) is 6.77. The van der Waals surface area contributed by atoms with E-state index in [0.29, 0.717) is 11.3 Å². The van der Waals surface area contributed by atoms with Gasteiger partial charge in [0.1, 0.15) is 18.5 Å². The second kappa shape index (κ2) is 6.76. The Balaban J connectivity index is 1.53. The van der Waals surface area contributed by atoms with E-state index in [1.807, 2.05) is 28.9 Å². The molecule has 130 valence electrons. The highest BCUT2D eigenvalue weighted by atomic mass is 16.1. The van der Waals surface area contributed by atoms with Crippen LogP contribution in [-0.2, 0) is 6.54 Å². The van der Waals surface area contributed by atoms with E-state index in [1.54, 1.807) is 12.7 Å². The molecule has 25 heavy (non-hydrogen) atoms. The maximum atomic E-state index is 12.3. The van der Waals surface area contributed by atoms with Gasteiger partial charge >= 0.3 is 0 Å². The molecule has 0 spiro atoms. The summed E-state index contributed by atoms with van der Waals surface area (Å²) in [6, 6.07) is 7.56. The van der Waals surface area contributed by atoms with Crippen molar-refractivity contribution < 1.29 is 0 Å². The van der Waals surface area contributed by atoms with Gasteiger partial charge < -0.3 is 4.98 Å². The molecule has 7 heteroatoms. The van der Waals surface area contributed by atoms with E-state index >= 15 is 0 Å². The fraction of sp³-hybridized carbons (Fsp3) is 0.444. The largest absolute Gasteiger partial charge is 0.309 e. The first-order valence-electron chi connectivity index (χ1n) is 8.76. The van der Waals surface area contributed by atoms with Crippen LogP contribution >= 0.6 is 0 Å². The number of nitrogens with zero attached hydrogens (tertiary/aromatic N) is 5. The Kier molecular flexibility index (Phi) is 4.31. The lowest BCUT2D eigenvalue weighted by Crippen LogP contribution is -2.39. The molecule has 2 unspecified atom stereocenters. The van der Waals surface area contributed by atoms with Gasteiger partial charge in [-0.05, 0) is 44.4 Å². The molecule has 1 saturated heterocycles. The van der Waals surface area contributed by atoms with Crippen LogP contribution < -0.4 is 5.56 Å². The van der Waals surface area contributed by atoms with Crippen LogP contribution in [0.4, 0.5) is 0 Å². The van der Waals surface area contributed by atoms with Crippen LogP contribution in [0.2, 0.25) is 0 Å². The van der Waals surface area contributed by atoms with E-state index in [-0.39, 0.29) is 11.6 Å². The summed E-state index contributed by atoms with van der Waals surface area (Å²) in [4.78, 5) is 26.4. The van der Waals surface area contributed by atoms with E-state index in [4.69, 9.17) is 0 Å². The molecule has 0 saturated carbocycles. The summed E-state index contributed by atoms with van der Waals surface area (Å²) in [7, 11) is 0. The highest BCUT2D eigenvalue weighted by Gasteiger charge is 2.26. The minimum Gasteiger partial charge on any atom is -0.309 e. The van der Waals surface area contributed by atoms with Crippen LogP contribution in [0.15, 0.2) is 41.7 Å². The van der Waals surface area contributed by atoms with E-state index in [9.17, 15) is 4.79 Å². The molecule has 0 amide bonds. The van der Waals surface area contributed by atoms with Crippen molar-refractivity contribution >= 4 is 10.9 Å². The lowest BCUT2D eigenvalue weighted by Gasteiger charge is -2.36. The predicted octanol–water partition coefficient (Wildman–Crippen LogP) is 1.99. The van der Waals surface area contributed by atoms with Crippen LogP contribution in [0.3, 0.4) is 0 Å². The van der Waals surface area contributed by atoms with Crippen LogP contribution in [0.5, 0.6) is 0 Å². The van der Waals surface area contributed by atoms with Crippen LogP contribution in [0.25, 0.3) is 10.9 Å². The fourth-order valence-electron chi connectivity index (χ4n) is 3.66. The van der Waals surface area contributed by atoms with Gasteiger partial charge in [-0.3, -0.25) is 14.4 Å². The Morgan fingerprint density at radius 2 is 2.24 bits per heavy atom. The maximum Gasteiger partial charge on any atom is 0.258 e. The number of hydrogen-bond donors (Lipinski definition) is 1. The zero-order valence-corrected chi connectivity index (χ0v) is 14.3. The molecular formula is C18H22N6O. The smallest absolute Gasteiger partial charge is 0.258 e. The van der Waals surface area contributed by atoms with Crippen molar-refractivity contribution in [3.05, 3.63) is 53.1 Å². The standard InChI is InChI=1S/C18H22N6O/c1-13(17-21-16-7-3-2-6-15(16)18(25)22-17)23-8-4-5-14(9-23)10-24-12-19-11-20-24/h2-3,6-7,11-14H,4-5,8-10H2,1H3,(H,21,22,25). The number of aromatic amines is 1. The molecule has 1 fully saturated rings. The molecule has 2 aromatic heterocycles.